The summed E-state index contributed by atoms with van der Waals surface area (Å²) in [5.41, 5.74) is 1.77. The van der Waals surface area contributed by atoms with Gasteiger partial charge in [-0.15, -0.1) is 23.1 Å². The lowest BCUT2D eigenvalue weighted by atomic mass is 10.1. The number of aromatic nitrogens is 2. The minimum Gasteiger partial charge on any atom is -0.229 e. The molecule has 3 aromatic rings. The summed E-state index contributed by atoms with van der Waals surface area (Å²) >= 11 is 3.33. The van der Waals surface area contributed by atoms with Crippen LogP contribution in [0.25, 0.3) is 10.2 Å². The van der Waals surface area contributed by atoms with E-state index < -0.39 is 0 Å². The van der Waals surface area contributed by atoms with Crippen LogP contribution in [0.15, 0.2) is 41.7 Å². The maximum atomic E-state index is 9.11. The molecule has 20 heavy (non-hydrogen) atoms. The highest BCUT2D eigenvalue weighted by Gasteiger charge is 2.09. The molecule has 5 heteroatoms. The molecule has 0 unspecified atom stereocenters. The van der Waals surface area contributed by atoms with E-state index in [2.05, 4.69) is 29.0 Å². The number of rotatable bonds is 3. The molecule has 2 aromatic heterocycles. The summed E-state index contributed by atoms with van der Waals surface area (Å²) < 4.78 is 0. The molecule has 0 radical (unpaired) electrons. The Morgan fingerprint density at radius 1 is 1.30 bits per heavy atom. The number of hydrogen-bond donors (Lipinski definition) is 0. The Morgan fingerprint density at radius 3 is 3.00 bits per heavy atom. The molecule has 2 heterocycles. The Bertz CT molecular complexity index is 802. The average molecular weight is 297 g/mol. The number of nitriles is 1. The second-order valence-electron chi connectivity index (χ2n) is 4.31. The summed E-state index contributed by atoms with van der Waals surface area (Å²) in [7, 11) is 0. The monoisotopic (exact) mass is 297 g/mol. The van der Waals surface area contributed by atoms with Crippen LogP contribution in [0.3, 0.4) is 0 Å². The first-order chi connectivity index (χ1) is 9.78. The number of nitrogens with zero attached hydrogens (tertiary/aromatic N) is 3. The number of aryl methyl sites for hydroxylation is 1. The lowest BCUT2D eigenvalue weighted by molar-refractivity contribution is 1.11. The summed E-state index contributed by atoms with van der Waals surface area (Å²) in [6.07, 6.45) is 1.61. The predicted octanol–water partition coefficient (Wildman–Crippen LogP) is 4.16. The first-order valence-corrected chi connectivity index (χ1v) is 7.90. The zero-order chi connectivity index (χ0) is 13.9. The second-order valence-corrected chi connectivity index (χ2v) is 6.51. The molecule has 0 spiro atoms. The van der Waals surface area contributed by atoms with Crippen molar-refractivity contribution < 1.29 is 0 Å². The van der Waals surface area contributed by atoms with Crippen molar-refractivity contribution in [3.05, 3.63) is 52.7 Å². The molecule has 3 rings (SSSR count). The van der Waals surface area contributed by atoms with Crippen LogP contribution in [-0.4, -0.2) is 9.97 Å². The third kappa shape index (κ3) is 2.53. The van der Waals surface area contributed by atoms with Crippen LogP contribution in [0.2, 0.25) is 0 Å². The van der Waals surface area contributed by atoms with Gasteiger partial charge in [0.25, 0.3) is 0 Å². The van der Waals surface area contributed by atoms with Crippen molar-refractivity contribution in [3.8, 4) is 6.07 Å². The van der Waals surface area contributed by atoms with Crippen molar-refractivity contribution >= 4 is 33.3 Å². The quantitative estimate of drug-likeness (QED) is 0.538. The van der Waals surface area contributed by atoms with Gasteiger partial charge < -0.3 is 0 Å². The van der Waals surface area contributed by atoms with E-state index in [1.807, 2.05) is 24.3 Å². The summed E-state index contributed by atoms with van der Waals surface area (Å²) in [5.74, 6) is 0.741. The molecular formula is C15H11N3S2. The summed E-state index contributed by atoms with van der Waals surface area (Å²) in [6, 6.07) is 12.0. The number of hydrogen-bond acceptors (Lipinski definition) is 5. The van der Waals surface area contributed by atoms with Crippen LogP contribution in [0.4, 0.5) is 0 Å². The molecule has 0 amide bonds. The van der Waals surface area contributed by atoms with Crippen LogP contribution in [0.5, 0.6) is 0 Å². The third-order valence-corrected chi connectivity index (χ3v) is 4.93. The van der Waals surface area contributed by atoms with E-state index >= 15 is 0 Å². The zero-order valence-corrected chi connectivity index (χ0v) is 12.5. The van der Waals surface area contributed by atoms with E-state index in [1.165, 1.54) is 4.88 Å². The SMILES string of the molecule is Cc1cc2c(SCc3ccccc3C#N)ncnc2s1. The molecule has 0 saturated heterocycles. The lowest BCUT2D eigenvalue weighted by Gasteiger charge is -2.04. The van der Waals surface area contributed by atoms with E-state index in [0.29, 0.717) is 0 Å². The summed E-state index contributed by atoms with van der Waals surface area (Å²) in [6.45, 7) is 2.08. The number of thioether (sulfide) groups is 1. The maximum absolute atomic E-state index is 9.11. The summed E-state index contributed by atoms with van der Waals surface area (Å²) in [4.78, 5) is 10.9. The first-order valence-electron chi connectivity index (χ1n) is 6.10. The smallest absolute Gasteiger partial charge is 0.128 e. The Hall–Kier alpha value is -1.90. The van der Waals surface area contributed by atoms with Gasteiger partial charge in [0, 0.05) is 16.0 Å². The van der Waals surface area contributed by atoms with Crippen molar-refractivity contribution in [2.75, 3.05) is 0 Å². The molecule has 3 nitrogen and oxygen atoms in total. The Balaban J connectivity index is 1.89. The molecule has 0 fully saturated rings. The number of thiophene rings is 1. The lowest BCUT2D eigenvalue weighted by Crippen LogP contribution is -1.88. The molecule has 0 saturated carbocycles. The van der Waals surface area contributed by atoms with Crippen molar-refractivity contribution in [1.29, 1.82) is 5.26 Å². The highest BCUT2D eigenvalue weighted by atomic mass is 32.2. The van der Waals surface area contributed by atoms with Gasteiger partial charge in [-0.3, -0.25) is 0 Å². The van der Waals surface area contributed by atoms with Crippen LogP contribution < -0.4 is 0 Å². The molecule has 0 atom stereocenters. The van der Waals surface area contributed by atoms with E-state index in [-0.39, 0.29) is 0 Å². The number of fused-ring (bicyclic) bond motifs is 1. The van der Waals surface area contributed by atoms with Crippen LogP contribution in [-0.2, 0) is 5.75 Å². The van der Waals surface area contributed by atoms with Gasteiger partial charge >= 0.3 is 0 Å². The van der Waals surface area contributed by atoms with Gasteiger partial charge in [-0.25, -0.2) is 9.97 Å². The van der Waals surface area contributed by atoms with Crippen molar-refractivity contribution in [3.63, 3.8) is 0 Å². The Labute approximate surface area is 125 Å². The number of benzene rings is 1. The fourth-order valence-electron chi connectivity index (χ4n) is 1.97. The second kappa shape index (κ2) is 5.61. The van der Waals surface area contributed by atoms with Crippen molar-refractivity contribution in [2.24, 2.45) is 0 Å². The fourth-order valence-corrected chi connectivity index (χ4v) is 3.86. The third-order valence-electron chi connectivity index (χ3n) is 2.92. The van der Waals surface area contributed by atoms with Gasteiger partial charge in [-0.1, -0.05) is 18.2 Å². The van der Waals surface area contributed by atoms with Crippen molar-refractivity contribution in [2.45, 2.75) is 17.7 Å². The fraction of sp³-hybridized carbons (Fsp3) is 0.133. The Kier molecular flexibility index (Phi) is 3.68. The van der Waals surface area contributed by atoms with Crippen LogP contribution >= 0.6 is 23.1 Å². The molecule has 0 bridgehead atoms. The molecular weight excluding hydrogens is 286 g/mol. The van der Waals surface area contributed by atoms with Crippen LogP contribution in [0, 0.1) is 18.3 Å². The largest absolute Gasteiger partial charge is 0.229 e. The highest BCUT2D eigenvalue weighted by molar-refractivity contribution is 7.98. The molecule has 1 aromatic carbocycles. The van der Waals surface area contributed by atoms with Gasteiger partial charge in [0.15, 0.2) is 0 Å². The van der Waals surface area contributed by atoms with Gasteiger partial charge in [0.2, 0.25) is 0 Å². The molecule has 0 aliphatic heterocycles. The summed E-state index contributed by atoms with van der Waals surface area (Å²) in [5, 5.41) is 11.2. The van der Waals surface area contributed by atoms with Crippen LogP contribution in [0.1, 0.15) is 16.0 Å². The Morgan fingerprint density at radius 2 is 2.15 bits per heavy atom. The van der Waals surface area contributed by atoms with Gasteiger partial charge in [0.1, 0.15) is 16.2 Å². The minimum absolute atomic E-state index is 0.729. The maximum Gasteiger partial charge on any atom is 0.128 e. The standard InChI is InChI=1S/C15H11N3S2/c1-10-6-13-14(17-9-18-15(13)20-10)19-8-12-5-3-2-4-11(12)7-16/h2-6,9H,8H2,1H3. The predicted molar refractivity (Wildman–Crippen MR) is 82.9 cm³/mol. The van der Waals surface area contributed by atoms with E-state index in [4.69, 9.17) is 5.26 Å². The first kappa shape index (κ1) is 13.1. The van der Waals surface area contributed by atoms with Crippen molar-refractivity contribution in [1.82, 2.24) is 9.97 Å². The normalized spacial score (nSPS) is 10.6. The van der Waals surface area contributed by atoms with Gasteiger partial charge in [0.05, 0.1) is 11.6 Å². The van der Waals surface area contributed by atoms with Gasteiger partial charge in [-0.2, -0.15) is 5.26 Å². The van der Waals surface area contributed by atoms with Gasteiger partial charge in [-0.05, 0) is 24.6 Å². The highest BCUT2D eigenvalue weighted by Crippen LogP contribution is 2.32. The van der Waals surface area contributed by atoms with E-state index in [9.17, 15) is 0 Å². The minimum atomic E-state index is 0.729. The topological polar surface area (TPSA) is 49.6 Å². The molecule has 0 aliphatic rings. The van der Waals surface area contributed by atoms with E-state index in [1.54, 1.807) is 29.4 Å². The van der Waals surface area contributed by atoms with E-state index in [0.717, 1.165) is 32.1 Å². The average Bonchev–Trinajstić information content (AvgIpc) is 2.86. The molecule has 98 valence electrons. The zero-order valence-electron chi connectivity index (χ0n) is 10.8. The molecule has 0 aliphatic carbocycles. The molecule has 0 N–H and O–H groups in total.